The topological polar surface area (TPSA) is 57.6 Å². The Morgan fingerprint density at radius 3 is 2.39 bits per heavy atom. The Morgan fingerprint density at radius 1 is 1.39 bits per heavy atom. The smallest absolute Gasteiger partial charge is 0.406 e. The fourth-order valence-corrected chi connectivity index (χ4v) is 2.18. The van der Waals surface area contributed by atoms with Gasteiger partial charge in [-0.3, -0.25) is 9.59 Å². The minimum Gasteiger partial charge on any atom is -0.480 e. The van der Waals surface area contributed by atoms with Crippen LogP contribution in [0, 0.1) is 0 Å². The van der Waals surface area contributed by atoms with Gasteiger partial charge >= 0.3 is 12.1 Å². The highest BCUT2D eigenvalue weighted by atomic mass is 35.5. The first-order valence-electron chi connectivity index (χ1n) is 4.52. The average Bonchev–Trinajstić information content (AvgIpc) is 2.59. The number of carboxylic acids is 1. The van der Waals surface area contributed by atoms with Crippen LogP contribution in [0.25, 0.3) is 0 Å². The van der Waals surface area contributed by atoms with E-state index in [1.165, 1.54) is 12.1 Å². The van der Waals surface area contributed by atoms with Crippen LogP contribution >= 0.6 is 22.9 Å². The third-order valence-electron chi connectivity index (χ3n) is 1.77. The third kappa shape index (κ3) is 4.53. The molecule has 9 heteroatoms. The zero-order valence-corrected chi connectivity index (χ0v) is 10.3. The minimum atomic E-state index is -4.66. The van der Waals surface area contributed by atoms with Gasteiger partial charge in [0, 0.05) is 0 Å². The number of nitrogens with zero attached hydrogens (tertiary/aromatic N) is 1. The van der Waals surface area contributed by atoms with Gasteiger partial charge in [-0.25, -0.2) is 0 Å². The molecule has 1 aromatic rings. The Bertz CT molecular complexity index is 460. The summed E-state index contributed by atoms with van der Waals surface area (Å²) >= 11 is 6.35. The van der Waals surface area contributed by atoms with E-state index in [2.05, 4.69) is 0 Å². The molecule has 0 aliphatic rings. The summed E-state index contributed by atoms with van der Waals surface area (Å²) in [5.41, 5.74) is 0. The molecular weight excluding hydrogens is 295 g/mol. The van der Waals surface area contributed by atoms with Gasteiger partial charge in [-0.05, 0) is 12.1 Å². The number of carboxylic acid groups (broad SMARTS) is 1. The number of carbonyl (C=O) groups excluding carboxylic acids is 1. The molecule has 1 rings (SSSR count). The van der Waals surface area contributed by atoms with Crippen molar-refractivity contribution in [2.45, 2.75) is 6.18 Å². The van der Waals surface area contributed by atoms with Crippen molar-refractivity contribution in [2.24, 2.45) is 0 Å². The van der Waals surface area contributed by atoms with Gasteiger partial charge in [0.25, 0.3) is 5.91 Å². The average molecular weight is 302 g/mol. The molecule has 0 radical (unpaired) electrons. The van der Waals surface area contributed by atoms with E-state index >= 15 is 0 Å². The van der Waals surface area contributed by atoms with Crippen molar-refractivity contribution in [3.63, 3.8) is 0 Å². The Morgan fingerprint density at radius 2 is 2.00 bits per heavy atom. The largest absolute Gasteiger partial charge is 0.480 e. The summed E-state index contributed by atoms with van der Waals surface area (Å²) in [5.74, 6) is -2.53. The molecule has 0 spiro atoms. The molecule has 0 fully saturated rings. The zero-order chi connectivity index (χ0) is 13.9. The molecule has 4 nitrogen and oxygen atoms in total. The van der Waals surface area contributed by atoms with Gasteiger partial charge in [0.05, 0.1) is 9.21 Å². The van der Waals surface area contributed by atoms with Crippen LogP contribution in [0.3, 0.4) is 0 Å². The first-order chi connectivity index (χ1) is 8.19. The number of carbonyl (C=O) groups is 2. The highest BCUT2D eigenvalue weighted by Crippen LogP contribution is 2.24. The maximum absolute atomic E-state index is 12.2. The lowest BCUT2D eigenvalue weighted by Crippen LogP contribution is -2.41. The summed E-state index contributed by atoms with van der Waals surface area (Å²) in [5, 5.41) is 8.50. The van der Waals surface area contributed by atoms with Crippen molar-refractivity contribution >= 4 is 34.8 Å². The quantitative estimate of drug-likeness (QED) is 0.929. The second-order valence-corrected chi connectivity index (χ2v) is 4.99. The molecule has 0 atom stereocenters. The van der Waals surface area contributed by atoms with E-state index in [0.717, 1.165) is 11.3 Å². The van der Waals surface area contributed by atoms with Crippen molar-refractivity contribution in [2.75, 3.05) is 13.1 Å². The minimum absolute atomic E-state index is 0.0366. The molecule has 0 aromatic carbocycles. The van der Waals surface area contributed by atoms with Crippen molar-refractivity contribution in [3.8, 4) is 0 Å². The third-order valence-corrected chi connectivity index (χ3v) is 2.99. The van der Waals surface area contributed by atoms with Crippen LogP contribution in [0.5, 0.6) is 0 Å². The maximum Gasteiger partial charge on any atom is 0.406 e. The highest BCUT2D eigenvalue weighted by Gasteiger charge is 2.34. The number of thiophene rings is 1. The summed E-state index contributed by atoms with van der Waals surface area (Å²) < 4.78 is 36.9. The van der Waals surface area contributed by atoms with E-state index in [1.807, 2.05) is 0 Å². The second kappa shape index (κ2) is 5.57. The molecule has 18 heavy (non-hydrogen) atoms. The van der Waals surface area contributed by atoms with Crippen LogP contribution < -0.4 is 0 Å². The monoisotopic (exact) mass is 301 g/mol. The maximum atomic E-state index is 12.2. The first-order valence-corrected chi connectivity index (χ1v) is 5.71. The van der Waals surface area contributed by atoms with Crippen molar-refractivity contribution < 1.29 is 27.9 Å². The van der Waals surface area contributed by atoms with Gasteiger partial charge in [0.1, 0.15) is 13.1 Å². The number of rotatable bonds is 4. The molecule has 100 valence electrons. The molecule has 1 aromatic heterocycles. The molecular formula is C9H7ClF3NO3S. The molecule has 0 unspecified atom stereocenters. The summed E-state index contributed by atoms with van der Waals surface area (Å²) in [6, 6.07) is 2.60. The predicted octanol–water partition coefficient (Wildman–Crippen LogP) is 2.49. The number of amides is 1. The van der Waals surface area contributed by atoms with E-state index in [0.29, 0.717) is 0 Å². The van der Waals surface area contributed by atoms with E-state index in [9.17, 15) is 22.8 Å². The van der Waals surface area contributed by atoms with Gasteiger partial charge in [-0.15, -0.1) is 11.3 Å². The standard InChI is InChI=1S/C9H7ClF3NO3S/c10-6-2-1-5(18-6)8(17)14(3-7(15)16)4-9(11,12)13/h1-2H,3-4H2,(H,15,16). The van der Waals surface area contributed by atoms with Gasteiger partial charge < -0.3 is 10.0 Å². The van der Waals surface area contributed by atoms with Gasteiger partial charge in [-0.1, -0.05) is 11.6 Å². The SMILES string of the molecule is O=C(O)CN(CC(F)(F)F)C(=O)c1ccc(Cl)s1. The summed E-state index contributed by atoms with van der Waals surface area (Å²) in [4.78, 5) is 22.3. The molecule has 1 N–H and O–H groups in total. The van der Waals surface area contributed by atoms with Crippen molar-refractivity contribution in [1.29, 1.82) is 0 Å². The van der Waals surface area contributed by atoms with Crippen molar-refractivity contribution in [3.05, 3.63) is 21.3 Å². The second-order valence-electron chi connectivity index (χ2n) is 3.27. The zero-order valence-electron chi connectivity index (χ0n) is 8.70. The molecule has 0 aliphatic carbocycles. The summed E-state index contributed by atoms with van der Waals surface area (Å²) in [6.07, 6.45) is -4.66. The Balaban J connectivity index is 2.88. The van der Waals surface area contributed by atoms with Gasteiger partial charge in [-0.2, -0.15) is 13.2 Å². The number of aliphatic carboxylic acids is 1. The lowest BCUT2D eigenvalue weighted by molar-refractivity contribution is -0.149. The predicted molar refractivity (Wildman–Crippen MR) is 58.9 cm³/mol. The van der Waals surface area contributed by atoms with E-state index in [-0.39, 0.29) is 14.1 Å². The van der Waals surface area contributed by atoms with Gasteiger partial charge in [0.2, 0.25) is 0 Å². The fourth-order valence-electron chi connectivity index (χ4n) is 1.16. The Labute approximate surface area is 109 Å². The number of hydrogen-bond donors (Lipinski definition) is 1. The molecule has 1 heterocycles. The molecule has 0 aliphatic heterocycles. The fraction of sp³-hybridized carbons (Fsp3) is 0.333. The molecule has 0 saturated heterocycles. The highest BCUT2D eigenvalue weighted by molar-refractivity contribution is 7.17. The van der Waals surface area contributed by atoms with Crippen LogP contribution in [0.15, 0.2) is 12.1 Å². The van der Waals surface area contributed by atoms with Gasteiger partial charge in [0.15, 0.2) is 0 Å². The molecule has 0 saturated carbocycles. The Hall–Kier alpha value is -1.28. The van der Waals surface area contributed by atoms with Crippen LogP contribution in [-0.4, -0.2) is 41.1 Å². The van der Waals surface area contributed by atoms with E-state index in [4.69, 9.17) is 16.7 Å². The lowest BCUT2D eigenvalue weighted by Gasteiger charge is -2.21. The number of alkyl halides is 3. The van der Waals surface area contributed by atoms with Crippen LogP contribution in [0.4, 0.5) is 13.2 Å². The van der Waals surface area contributed by atoms with E-state index < -0.39 is 31.1 Å². The molecule has 1 amide bonds. The van der Waals surface area contributed by atoms with E-state index in [1.54, 1.807) is 0 Å². The molecule has 0 bridgehead atoms. The summed E-state index contributed by atoms with van der Waals surface area (Å²) in [7, 11) is 0. The van der Waals surface area contributed by atoms with Crippen LogP contribution in [0.1, 0.15) is 9.67 Å². The lowest BCUT2D eigenvalue weighted by atomic mass is 10.3. The van der Waals surface area contributed by atoms with Crippen LogP contribution in [0.2, 0.25) is 4.34 Å². The van der Waals surface area contributed by atoms with Crippen molar-refractivity contribution in [1.82, 2.24) is 4.90 Å². The summed E-state index contributed by atoms with van der Waals surface area (Å²) in [6.45, 7) is -2.64. The number of hydrogen-bond acceptors (Lipinski definition) is 3. The number of halogens is 4. The Kier molecular flexibility index (Phi) is 4.58. The van der Waals surface area contributed by atoms with Crippen LogP contribution in [-0.2, 0) is 4.79 Å². The normalized spacial score (nSPS) is 11.3. The first kappa shape index (κ1) is 14.8.